The summed E-state index contributed by atoms with van der Waals surface area (Å²) in [5, 5.41) is 13.3. The van der Waals surface area contributed by atoms with Crippen LogP contribution in [0.3, 0.4) is 0 Å². The van der Waals surface area contributed by atoms with Crippen molar-refractivity contribution in [2.45, 2.75) is 38.5 Å². The first-order valence-electron chi connectivity index (χ1n) is 8.41. The van der Waals surface area contributed by atoms with Gasteiger partial charge in [0.05, 0.1) is 10.3 Å². The molecule has 26 heavy (non-hydrogen) atoms. The van der Waals surface area contributed by atoms with Crippen molar-refractivity contribution >= 4 is 40.7 Å². The summed E-state index contributed by atoms with van der Waals surface area (Å²) in [6.07, 6.45) is 4.39. The lowest BCUT2D eigenvalue weighted by Gasteiger charge is -2.30. The van der Waals surface area contributed by atoms with E-state index in [1.807, 2.05) is 0 Å². The highest BCUT2D eigenvalue weighted by atomic mass is 35.5. The standard InChI is InChI=1S/C17H18ClN3O5/c18-12-5-4-11(8-13(12)21(25)26)19-14(22)10-20-15(23)9-17(16(20)24)6-2-1-3-7-17/h4-5,8H,1-3,6-7,9-10H2,(H,19,22). The van der Waals surface area contributed by atoms with Crippen molar-refractivity contribution in [1.29, 1.82) is 0 Å². The van der Waals surface area contributed by atoms with E-state index in [-0.39, 0.29) is 34.6 Å². The molecule has 1 aromatic carbocycles. The summed E-state index contributed by atoms with van der Waals surface area (Å²) in [6.45, 7) is -0.393. The van der Waals surface area contributed by atoms with Crippen LogP contribution in [0.1, 0.15) is 38.5 Å². The van der Waals surface area contributed by atoms with E-state index in [0.29, 0.717) is 12.8 Å². The Balaban J connectivity index is 1.68. The monoisotopic (exact) mass is 379 g/mol. The second-order valence-electron chi connectivity index (χ2n) is 6.77. The zero-order valence-electron chi connectivity index (χ0n) is 14.0. The van der Waals surface area contributed by atoms with Gasteiger partial charge in [-0.1, -0.05) is 30.9 Å². The largest absolute Gasteiger partial charge is 0.324 e. The SMILES string of the molecule is O=C(CN1C(=O)CC2(CCCCC2)C1=O)Nc1ccc(Cl)c([N+](=O)[O-])c1. The molecule has 0 radical (unpaired) electrons. The zero-order valence-corrected chi connectivity index (χ0v) is 14.8. The smallest absolute Gasteiger partial charge is 0.289 e. The fraction of sp³-hybridized carbons (Fsp3) is 0.471. The molecule has 0 unspecified atom stereocenters. The van der Waals surface area contributed by atoms with E-state index in [1.54, 1.807) is 0 Å². The molecule has 1 aromatic rings. The number of hydrogen-bond donors (Lipinski definition) is 1. The third kappa shape index (κ3) is 3.41. The van der Waals surface area contributed by atoms with Crippen LogP contribution in [-0.2, 0) is 14.4 Å². The first-order valence-corrected chi connectivity index (χ1v) is 8.79. The normalized spacial score (nSPS) is 19.0. The molecule has 0 aromatic heterocycles. The van der Waals surface area contributed by atoms with E-state index in [9.17, 15) is 24.5 Å². The molecule has 1 aliphatic heterocycles. The molecular weight excluding hydrogens is 362 g/mol. The molecule has 1 saturated carbocycles. The van der Waals surface area contributed by atoms with E-state index in [2.05, 4.69) is 5.32 Å². The molecule has 0 atom stereocenters. The van der Waals surface area contributed by atoms with Gasteiger partial charge in [-0.05, 0) is 25.0 Å². The predicted octanol–water partition coefficient (Wildman–Crippen LogP) is 2.90. The zero-order chi connectivity index (χ0) is 18.9. The molecule has 1 aliphatic carbocycles. The van der Waals surface area contributed by atoms with E-state index in [1.165, 1.54) is 12.1 Å². The van der Waals surface area contributed by atoms with Crippen molar-refractivity contribution in [2.75, 3.05) is 11.9 Å². The lowest BCUT2D eigenvalue weighted by atomic mass is 9.73. The number of carbonyl (C=O) groups is 3. The molecular formula is C17H18ClN3O5. The number of rotatable bonds is 4. The average Bonchev–Trinajstić information content (AvgIpc) is 2.81. The van der Waals surface area contributed by atoms with Crippen LogP contribution in [0.15, 0.2) is 18.2 Å². The summed E-state index contributed by atoms with van der Waals surface area (Å²) >= 11 is 5.73. The highest BCUT2D eigenvalue weighted by Gasteiger charge is 2.51. The number of nitrogens with one attached hydrogen (secondary N) is 1. The number of hydrogen-bond acceptors (Lipinski definition) is 5. The van der Waals surface area contributed by atoms with Crippen LogP contribution in [0.25, 0.3) is 0 Å². The molecule has 3 amide bonds. The van der Waals surface area contributed by atoms with E-state index in [0.717, 1.165) is 30.2 Å². The van der Waals surface area contributed by atoms with Crippen molar-refractivity contribution in [3.63, 3.8) is 0 Å². The molecule has 1 spiro atoms. The lowest BCUT2D eigenvalue weighted by Crippen LogP contribution is -2.41. The number of amides is 3. The van der Waals surface area contributed by atoms with Gasteiger partial charge >= 0.3 is 0 Å². The van der Waals surface area contributed by atoms with E-state index in [4.69, 9.17) is 11.6 Å². The summed E-state index contributed by atoms with van der Waals surface area (Å²) in [5.74, 6) is -1.20. The molecule has 0 bridgehead atoms. The van der Waals surface area contributed by atoms with Crippen LogP contribution >= 0.6 is 11.6 Å². The Labute approximate surface area is 154 Å². The Morgan fingerprint density at radius 2 is 1.96 bits per heavy atom. The number of benzene rings is 1. The maximum atomic E-state index is 12.7. The quantitative estimate of drug-likeness (QED) is 0.491. The van der Waals surface area contributed by atoms with Crippen LogP contribution in [-0.4, -0.2) is 34.1 Å². The fourth-order valence-corrected chi connectivity index (χ4v) is 3.90. The molecule has 9 heteroatoms. The van der Waals surface area contributed by atoms with Gasteiger partial charge in [-0.2, -0.15) is 0 Å². The highest BCUT2D eigenvalue weighted by molar-refractivity contribution is 6.32. The molecule has 138 valence electrons. The van der Waals surface area contributed by atoms with Crippen molar-refractivity contribution < 1.29 is 19.3 Å². The first-order chi connectivity index (χ1) is 12.3. The van der Waals surface area contributed by atoms with E-state index >= 15 is 0 Å². The van der Waals surface area contributed by atoms with Gasteiger partial charge in [0.1, 0.15) is 11.6 Å². The van der Waals surface area contributed by atoms with E-state index < -0.39 is 22.8 Å². The minimum Gasteiger partial charge on any atom is -0.324 e. The van der Waals surface area contributed by atoms with Crippen molar-refractivity contribution in [3.05, 3.63) is 33.3 Å². The van der Waals surface area contributed by atoms with Gasteiger partial charge in [0.25, 0.3) is 5.69 Å². The molecule has 1 saturated heterocycles. The summed E-state index contributed by atoms with van der Waals surface area (Å²) in [5.41, 5.74) is -0.800. The van der Waals surface area contributed by atoms with Crippen molar-refractivity contribution in [2.24, 2.45) is 5.41 Å². The number of carbonyl (C=O) groups excluding carboxylic acids is 3. The number of anilines is 1. The summed E-state index contributed by atoms with van der Waals surface area (Å²) in [7, 11) is 0. The molecule has 2 fully saturated rings. The maximum Gasteiger partial charge on any atom is 0.289 e. The molecule has 2 aliphatic rings. The van der Waals surface area contributed by atoms with Gasteiger partial charge in [0.15, 0.2) is 0 Å². The van der Waals surface area contributed by atoms with Gasteiger partial charge in [-0.3, -0.25) is 29.4 Å². The lowest BCUT2D eigenvalue weighted by molar-refractivity contribution is -0.384. The van der Waals surface area contributed by atoms with Crippen LogP contribution < -0.4 is 5.32 Å². The molecule has 1 heterocycles. The maximum absolute atomic E-state index is 12.7. The van der Waals surface area contributed by atoms with Gasteiger partial charge in [-0.15, -0.1) is 0 Å². The third-order valence-electron chi connectivity index (χ3n) is 5.03. The number of nitrogens with zero attached hydrogens (tertiary/aromatic N) is 2. The van der Waals surface area contributed by atoms with Gasteiger partial charge < -0.3 is 5.32 Å². The molecule has 8 nitrogen and oxygen atoms in total. The minimum atomic E-state index is -0.654. The highest BCUT2D eigenvalue weighted by Crippen LogP contribution is 2.45. The first kappa shape index (κ1) is 18.3. The Bertz CT molecular complexity index is 789. The molecule has 3 rings (SSSR count). The Kier molecular flexibility index (Phi) is 4.95. The summed E-state index contributed by atoms with van der Waals surface area (Å²) < 4.78 is 0. The second kappa shape index (κ2) is 7.03. The van der Waals surface area contributed by atoms with Crippen molar-refractivity contribution in [3.8, 4) is 0 Å². The summed E-state index contributed by atoms with van der Waals surface area (Å²) in [6, 6.07) is 3.86. The minimum absolute atomic E-state index is 0.0443. The Morgan fingerprint density at radius 3 is 2.62 bits per heavy atom. The topological polar surface area (TPSA) is 110 Å². The van der Waals surface area contributed by atoms with Gasteiger partial charge in [-0.25, -0.2) is 0 Å². The molecule has 1 N–H and O–H groups in total. The number of halogens is 1. The average molecular weight is 380 g/mol. The van der Waals surface area contributed by atoms with Crippen molar-refractivity contribution in [1.82, 2.24) is 4.90 Å². The fourth-order valence-electron chi connectivity index (χ4n) is 3.71. The number of likely N-dealkylation sites (tertiary alicyclic amines) is 1. The Hall–Kier alpha value is -2.48. The number of imide groups is 1. The van der Waals surface area contributed by atoms with Crippen LogP contribution in [0.5, 0.6) is 0 Å². The van der Waals surface area contributed by atoms with Crippen LogP contribution in [0, 0.1) is 15.5 Å². The Morgan fingerprint density at radius 1 is 1.27 bits per heavy atom. The van der Waals surface area contributed by atoms with Gasteiger partial charge in [0, 0.05) is 18.2 Å². The van der Waals surface area contributed by atoms with Gasteiger partial charge in [0.2, 0.25) is 17.7 Å². The summed E-state index contributed by atoms with van der Waals surface area (Å²) in [4.78, 5) is 48.4. The van der Waals surface area contributed by atoms with Crippen LogP contribution in [0.4, 0.5) is 11.4 Å². The number of nitro groups is 1. The van der Waals surface area contributed by atoms with Crippen LogP contribution in [0.2, 0.25) is 5.02 Å². The number of nitro benzene ring substituents is 1. The third-order valence-corrected chi connectivity index (χ3v) is 5.35. The second-order valence-corrected chi connectivity index (χ2v) is 7.18. The predicted molar refractivity (Wildman–Crippen MR) is 93.6 cm³/mol.